The standard InChI is InChI=1S/C13H15ClN2O2/c1-3-16-8-11(7-15-16)18-13-5-4-10(9(2)17)6-12(13)14/h4-9,17H,3H2,1-2H3. The van der Waals surface area contributed by atoms with Gasteiger partial charge in [0.2, 0.25) is 0 Å². The second-order valence-electron chi connectivity index (χ2n) is 4.00. The highest BCUT2D eigenvalue weighted by Crippen LogP contribution is 2.31. The van der Waals surface area contributed by atoms with E-state index in [4.69, 9.17) is 16.3 Å². The first-order valence-electron chi connectivity index (χ1n) is 5.78. The molecule has 1 unspecified atom stereocenters. The lowest BCUT2D eigenvalue weighted by molar-refractivity contribution is 0.199. The normalized spacial score (nSPS) is 12.4. The van der Waals surface area contributed by atoms with Gasteiger partial charge in [-0.15, -0.1) is 0 Å². The Labute approximate surface area is 111 Å². The van der Waals surface area contributed by atoms with Gasteiger partial charge in [0.15, 0.2) is 5.75 Å². The fourth-order valence-electron chi connectivity index (χ4n) is 1.56. The van der Waals surface area contributed by atoms with E-state index in [1.165, 1.54) is 0 Å². The number of hydrogen-bond donors (Lipinski definition) is 1. The van der Waals surface area contributed by atoms with Gasteiger partial charge in [-0.2, -0.15) is 5.10 Å². The molecule has 1 aromatic carbocycles. The van der Waals surface area contributed by atoms with E-state index >= 15 is 0 Å². The SMILES string of the molecule is CCn1cc(Oc2ccc(C(C)O)cc2Cl)cn1. The van der Waals surface area contributed by atoms with Crippen LogP contribution in [0.4, 0.5) is 0 Å². The molecular weight excluding hydrogens is 252 g/mol. The number of aliphatic hydroxyl groups excluding tert-OH is 1. The van der Waals surface area contributed by atoms with E-state index in [0.717, 1.165) is 12.1 Å². The number of rotatable bonds is 4. The lowest BCUT2D eigenvalue weighted by Crippen LogP contribution is -1.93. The van der Waals surface area contributed by atoms with E-state index in [2.05, 4.69) is 5.10 Å². The van der Waals surface area contributed by atoms with Crippen LogP contribution in [0.25, 0.3) is 0 Å². The molecule has 2 aromatic rings. The van der Waals surface area contributed by atoms with Crippen molar-refractivity contribution in [2.24, 2.45) is 0 Å². The highest BCUT2D eigenvalue weighted by molar-refractivity contribution is 6.32. The molecule has 1 aromatic heterocycles. The van der Waals surface area contributed by atoms with Gasteiger partial charge in [0, 0.05) is 6.54 Å². The summed E-state index contributed by atoms with van der Waals surface area (Å²) in [5, 5.41) is 14.0. The molecule has 0 aliphatic carbocycles. The molecule has 0 amide bonds. The minimum atomic E-state index is -0.542. The second kappa shape index (κ2) is 5.42. The molecule has 18 heavy (non-hydrogen) atoms. The molecular formula is C13H15ClN2O2. The summed E-state index contributed by atoms with van der Waals surface area (Å²) in [6.45, 7) is 4.48. The summed E-state index contributed by atoms with van der Waals surface area (Å²) in [6, 6.07) is 5.23. The Morgan fingerprint density at radius 1 is 1.50 bits per heavy atom. The molecule has 2 rings (SSSR count). The maximum absolute atomic E-state index is 9.45. The van der Waals surface area contributed by atoms with Crippen molar-refractivity contribution in [3.05, 3.63) is 41.2 Å². The molecule has 0 saturated carbocycles. The van der Waals surface area contributed by atoms with E-state index in [0.29, 0.717) is 16.5 Å². The Morgan fingerprint density at radius 2 is 2.28 bits per heavy atom. The molecule has 5 heteroatoms. The predicted octanol–water partition coefficient (Wildman–Crippen LogP) is 3.40. The number of aromatic nitrogens is 2. The van der Waals surface area contributed by atoms with Crippen LogP contribution in [0.5, 0.6) is 11.5 Å². The maximum atomic E-state index is 9.45. The molecule has 0 bridgehead atoms. The van der Waals surface area contributed by atoms with Gasteiger partial charge in [-0.1, -0.05) is 17.7 Å². The van der Waals surface area contributed by atoms with Crippen LogP contribution in [0, 0.1) is 0 Å². The van der Waals surface area contributed by atoms with Crippen LogP contribution in [0.2, 0.25) is 5.02 Å². The molecule has 1 atom stereocenters. The molecule has 1 heterocycles. The van der Waals surface area contributed by atoms with Crippen molar-refractivity contribution in [3.63, 3.8) is 0 Å². The Kier molecular flexibility index (Phi) is 3.89. The van der Waals surface area contributed by atoms with Gasteiger partial charge in [-0.25, -0.2) is 0 Å². The summed E-state index contributed by atoms with van der Waals surface area (Å²) in [4.78, 5) is 0. The van der Waals surface area contributed by atoms with E-state index in [-0.39, 0.29) is 0 Å². The molecule has 1 N–H and O–H groups in total. The molecule has 0 aliphatic heterocycles. The topological polar surface area (TPSA) is 47.3 Å². The van der Waals surface area contributed by atoms with Crippen LogP contribution < -0.4 is 4.74 Å². The summed E-state index contributed by atoms with van der Waals surface area (Å²) in [5.41, 5.74) is 0.761. The van der Waals surface area contributed by atoms with Crippen molar-refractivity contribution in [3.8, 4) is 11.5 Å². The molecule has 0 fully saturated rings. The average Bonchev–Trinajstić information content (AvgIpc) is 2.79. The summed E-state index contributed by atoms with van der Waals surface area (Å²) in [5.74, 6) is 1.19. The summed E-state index contributed by atoms with van der Waals surface area (Å²) in [6.07, 6.45) is 2.90. The monoisotopic (exact) mass is 266 g/mol. The zero-order valence-corrected chi connectivity index (χ0v) is 11.1. The molecule has 96 valence electrons. The second-order valence-corrected chi connectivity index (χ2v) is 4.41. The third-order valence-corrected chi connectivity index (χ3v) is 2.90. The van der Waals surface area contributed by atoms with Crippen LogP contribution in [-0.2, 0) is 6.54 Å². The minimum absolute atomic E-state index is 0.470. The van der Waals surface area contributed by atoms with Gasteiger partial charge in [0.25, 0.3) is 0 Å². The van der Waals surface area contributed by atoms with Crippen LogP contribution in [0.3, 0.4) is 0 Å². The van der Waals surface area contributed by atoms with Crippen molar-refractivity contribution >= 4 is 11.6 Å². The third kappa shape index (κ3) is 2.83. The van der Waals surface area contributed by atoms with E-state index in [9.17, 15) is 5.11 Å². The number of ether oxygens (including phenoxy) is 1. The molecule has 0 radical (unpaired) electrons. The third-order valence-electron chi connectivity index (χ3n) is 2.60. The van der Waals surface area contributed by atoms with Crippen LogP contribution in [-0.4, -0.2) is 14.9 Å². The predicted molar refractivity (Wildman–Crippen MR) is 70.1 cm³/mol. The van der Waals surface area contributed by atoms with Crippen molar-refractivity contribution in [1.82, 2.24) is 9.78 Å². The number of aliphatic hydroxyl groups is 1. The van der Waals surface area contributed by atoms with E-state index in [1.807, 2.05) is 6.92 Å². The van der Waals surface area contributed by atoms with Crippen molar-refractivity contribution in [1.29, 1.82) is 0 Å². The number of nitrogens with zero attached hydrogens (tertiary/aromatic N) is 2. The van der Waals surface area contributed by atoms with Gasteiger partial charge >= 0.3 is 0 Å². The Balaban J connectivity index is 2.19. The maximum Gasteiger partial charge on any atom is 0.165 e. The highest BCUT2D eigenvalue weighted by atomic mass is 35.5. The molecule has 0 aliphatic rings. The van der Waals surface area contributed by atoms with Gasteiger partial charge in [0.1, 0.15) is 5.75 Å². The van der Waals surface area contributed by atoms with Crippen molar-refractivity contribution in [2.45, 2.75) is 26.5 Å². The van der Waals surface area contributed by atoms with Crippen molar-refractivity contribution < 1.29 is 9.84 Å². The zero-order valence-electron chi connectivity index (χ0n) is 10.3. The van der Waals surface area contributed by atoms with E-state index < -0.39 is 6.10 Å². The quantitative estimate of drug-likeness (QED) is 0.923. The zero-order chi connectivity index (χ0) is 13.1. The largest absolute Gasteiger partial charge is 0.452 e. The van der Waals surface area contributed by atoms with Gasteiger partial charge in [0.05, 0.1) is 23.5 Å². The Hall–Kier alpha value is -1.52. The first kappa shape index (κ1) is 12.9. The first-order chi connectivity index (χ1) is 8.60. The summed E-state index contributed by atoms with van der Waals surface area (Å²) < 4.78 is 7.40. The lowest BCUT2D eigenvalue weighted by Gasteiger charge is -2.09. The first-order valence-corrected chi connectivity index (χ1v) is 6.15. The smallest absolute Gasteiger partial charge is 0.165 e. The van der Waals surface area contributed by atoms with E-state index in [1.54, 1.807) is 42.2 Å². The average molecular weight is 267 g/mol. The fourth-order valence-corrected chi connectivity index (χ4v) is 1.78. The number of halogens is 1. The Morgan fingerprint density at radius 3 is 2.83 bits per heavy atom. The van der Waals surface area contributed by atoms with Crippen LogP contribution in [0.1, 0.15) is 25.5 Å². The van der Waals surface area contributed by atoms with Gasteiger partial charge in [-0.05, 0) is 31.5 Å². The highest BCUT2D eigenvalue weighted by Gasteiger charge is 2.08. The molecule has 4 nitrogen and oxygen atoms in total. The minimum Gasteiger partial charge on any atom is -0.452 e. The van der Waals surface area contributed by atoms with Crippen LogP contribution >= 0.6 is 11.6 Å². The summed E-state index contributed by atoms with van der Waals surface area (Å²) >= 11 is 6.10. The Bertz CT molecular complexity index is 538. The number of benzene rings is 1. The van der Waals surface area contributed by atoms with Crippen LogP contribution in [0.15, 0.2) is 30.6 Å². The fraction of sp³-hybridized carbons (Fsp3) is 0.308. The number of aryl methyl sites for hydroxylation is 1. The molecule has 0 saturated heterocycles. The van der Waals surface area contributed by atoms with Gasteiger partial charge in [-0.3, -0.25) is 4.68 Å². The number of hydrogen-bond acceptors (Lipinski definition) is 3. The van der Waals surface area contributed by atoms with Crippen molar-refractivity contribution in [2.75, 3.05) is 0 Å². The lowest BCUT2D eigenvalue weighted by atomic mass is 10.1. The molecule has 0 spiro atoms. The van der Waals surface area contributed by atoms with Gasteiger partial charge < -0.3 is 9.84 Å². The summed E-state index contributed by atoms with van der Waals surface area (Å²) in [7, 11) is 0.